The SMILES string of the molecule is N[C@@H](c1ccc(Cl)cc1F)[C@H](O)C1CCCC1. The van der Waals surface area contributed by atoms with Crippen molar-refractivity contribution in [2.24, 2.45) is 11.7 Å². The fraction of sp³-hybridized carbons (Fsp3) is 0.538. The number of benzene rings is 1. The lowest BCUT2D eigenvalue weighted by molar-refractivity contribution is 0.0833. The molecule has 0 aliphatic heterocycles. The predicted octanol–water partition coefficient (Wildman–Crippen LogP) is 3.03. The van der Waals surface area contributed by atoms with Crippen LogP contribution in [0.25, 0.3) is 0 Å². The standard InChI is InChI=1S/C13H17ClFNO/c14-9-5-6-10(11(15)7-9)12(16)13(17)8-3-1-2-4-8/h5-8,12-13,17H,1-4,16H2/t12-,13+/m0/s1. The van der Waals surface area contributed by atoms with E-state index in [0.717, 1.165) is 25.7 Å². The molecule has 2 nitrogen and oxygen atoms in total. The average Bonchev–Trinajstić information content (AvgIpc) is 2.80. The molecular formula is C13H17ClFNO. The summed E-state index contributed by atoms with van der Waals surface area (Å²) in [4.78, 5) is 0. The van der Waals surface area contributed by atoms with E-state index in [1.165, 1.54) is 6.07 Å². The van der Waals surface area contributed by atoms with Crippen LogP contribution in [0.1, 0.15) is 37.3 Å². The van der Waals surface area contributed by atoms with E-state index in [4.69, 9.17) is 17.3 Å². The highest BCUT2D eigenvalue weighted by molar-refractivity contribution is 6.30. The van der Waals surface area contributed by atoms with Crippen LogP contribution >= 0.6 is 11.6 Å². The molecule has 3 N–H and O–H groups in total. The van der Waals surface area contributed by atoms with E-state index >= 15 is 0 Å². The van der Waals surface area contributed by atoms with Crippen LogP contribution in [-0.2, 0) is 0 Å². The van der Waals surface area contributed by atoms with Crippen LogP contribution in [0, 0.1) is 11.7 Å². The maximum absolute atomic E-state index is 13.7. The van der Waals surface area contributed by atoms with Gasteiger partial charge in [0.25, 0.3) is 0 Å². The maximum Gasteiger partial charge on any atom is 0.129 e. The molecule has 0 spiro atoms. The summed E-state index contributed by atoms with van der Waals surface area (Å²) in [6.07, 6.45) is 3.52. The highest BCUT2D eigenvalue weighted by atomic mass is 35.5. The molecule has 4 heteroatoms. The van der Waals surface area contributed by atoms with Gasteiger partial charge in [0, 0.05) is 10.6 Å². The molecule has 0 unspecified atom stereocenters. The number of nitrogens with two attached hydrogens (primary N) is 1. The topological polar surface area (TPSA) is 46.2 Å². The first-order chi connectivity index (χ1) is 8.09. The molecule has 1 aliphatic rings. The number of rotatable bonds is 3. The van der Waals surface area contributed by atoms with E-state index in [1.54, 1.807) is 12.1 Å². The van der Waals surface area contributed by atoms with Gasteiger partial charge in [-0.25, -0.2) is 4.39 Å². The minimum absolute atomic E-state index is 0.195. The number of hydrogen-bond donors (Lipinski definition) is 2. The molecule has 94 valence electrons. The third kappa shape index (κ3) is 2.79. The Morgan fingerprint density at radius 1 is 1.35 bits per heavy atom. The van der Waals surface area contributed by atoms with Crippen molar-refractivity contribution in [3.05, 3.63) is 34.6 Å². The quantitative estimate of drug-likeness (QED) is 0.874. The summed E-state index contributed by atoms with van der Waals surface area (Å²) in [6.45, 7) is 0. The highest BCUT2D eigenvalue weighted by Crippen LogP contribution is 2.33. The molecule has 1 saturated carbocycles. The molecule has 0 aromatic heterocycles. The summed E-state index contributed by atoms with van der Waals surface area (Å²) >= 11 is 5.69. The zero-order chi connectivity index (χ0) is 12.4. The van der Waals surface area contributed by atoms with Crippen LogP contribution in [0.3, 0.4) is 0 Å². The number of aliphatic hydroxyl groups is 1. The van der Waals surface area contributed by atoms with E-state index in [1.807, 2.05) is 0 Å². The van der Waals surface area contributed by atoms with Crippen molar-refractivity contribution in [2.45, 2.75) is 37.8 Å². The lowest BCUT2D eigenvalue weighted by Crippen LogP contribution is -2.32. The monoisotopic (exact) mass is 257 g/mol. The van der Waals surface area contributed by atoms with Crippen LogP contribution in [0.15, 0.2) is 18.2 Å². The van der Waals surface area contributed by atoms with Gasteiger partial charge in [0.05, 0.1) is 12.1 Å². The molecule has 2 rings (SSSR count). The largest absolute Gasteiger partial charge is 0.391 e. The van der Waals surface area contributed by atoms with Gasteiger partial charge >= 0.3 is 0 Å². The minimum atomic E-state index is -0.673. The van der Waals surface area contributed by atoms with Crippen LogP contribution in [-0.4, -0.2) is 11.2 Å². The molecule has 2 atom stereocenters. The van der Waals surface area contributed by atoms with Crippen molar-refractivity contribution < 1.29 is 9.50 Å². The van der Waals surface area contributed by atoms with E-state index in [0.29, 0.717) is 10.6 Å². The summed E-state index contributed by atoms with van der Waals surface area (Å²) < 4.78 is 13.7. The normalized spacial score (nSPS) is 20.5. The van der Waals surface area contributed by atoms with Crippen LogP contribution < -0.4 is 5.73 Å². The van der Waals surface area contributed by atoms with Crippen molar-refractivity contribution in [1.29, 1.82) is 0 Å². The number of aliphatic hydroxyl groups excluding tert-OH is 1. The Hall–Kier alpha value is -0.640. The third-order valence-electron chi connectivity index (χ3n) is 3.57. The van der Waals surface area contributed by atoms with Crippen molar-refractivity contribution >= 4 is 11.6 Å². The molecule has 0 heterocycles. The van der Waals surface area contributed by atoms with Gasteiger partial charge in [-0.3, -0.25) is 0 Å². The van der Waals surface area contributed by atoms with Crippen molar-refractivity contribution in [3.8, 4) is 0 Å². The van der Waals surface area contributed by atoms with Gasteiger partial charge in [0.2, 0.25) is 0 Å². The van der Waals surface area contributed by atoms with Gasteiger partial charge in [-0.05, 0) is 30.9 Å². The second-order valence-electron chi connectivity index (χ2n) is 4.73. The summed E-state index contributed by atoms with van der Waals surface area (Å²) in [5.41, 5.74) is 6.28. The van der Waals surface area contributed by atoms with Gasteiger partial charge < -0.3 is 10.8 Å². The van der Waals surface area contributed by atoms with E-state index in [2.05, 4.69) is 0 Å². The number of hydrogen-bond acceptors (Lipinski definition) is 2. The fourth-order valence-electron chi connectivity index (χ4n) is 2.55. The third-order valence-corrected chi connectivity index (χ3v) is 3.81. The summed E-state index contributed by atoms with van der Waals surface area (Å²) in [5, 5.41) is 10.5. The molecular weight excluding hydrogens is 241 g/mol. The van der Waals surface area contributed by atoms with Gasteiger partial charge in [-0.15, -0.1) is 0 Å². The summed E-state index contributed by atoms with van der Waals surface area (Å²) in [5.74, 6) is -0.248. The van der Waals surface area contributed by atoms with Crippen molar-refractivity contribution in [1.82, 2.24) is 0 Å². The van der Waals surface area contributed by atoms with Crippen LogP contribution in [0.2, 0.25) is 5.02 Å². The first-order valence-electron chi connectivity index (χ1n) is 5.98. The highest BCUT2D eigenvalue weighted by Gasteiger charge is 2.29. The molecule has 0 radical (unpaired) electrons. The summed E-state index contributed by atoms with van der Waals surface area (Å²) in [7, 11) is 0. The Bertz CT molecular complexity index is 393. The second-order valence-corrected chi connectivity index (χ2v) is 5.16. The molecule has 0 amide bonds. The number of halogens is 2. The molecule has 1 aromatic rings. The smallest absolute Gasteiger partial charge is 0.129 e. The zero-order valence-corrected chi connectivity index (χ0v) is 10.3. The maximum atomic E-state index is 13.7. The Balaban J connectivity index is 2.15. The molecule has 1 aromatic carbocycles. The fourth-order valence-corrected chi connectivity index (χ4v) is 2.71. The van der Waals surface area contributed by atoms with Gasteiger partial charge in [0.15, 0.2) is 0 Å². The minimum Gasteiger partial charge on any atom is -0.391 e. The Kier molecular flexibility index (Phi) is 4.02. The predicted molar refractivity (Wildman–Crippen MR) is 66.3 cm³/mol. The van der Waals surface area contributed by atoms with E-state index in [9.17, 15) is 9.50 Å². The Morgan fingerprint density at radius 3 is 2.59 bits per heavy atom. The first-order valence-corrected chi connectivity index (χ1v) is 6.36. The van der Waals surface area contributed by atoms with Gasteiger partial charge in [-0.1, -0.05) is 30.5 Å². The molecule has 17 heavy (non-hydrogen) atoms. The van der Waals surface area contributed by atoms with Gasteiger partial charge in [-0.2, -0.15) is 0 Å². The van der Waals surface area contributed by atoms with Crippen molar-refractivity contribution in [3.63, 3.8) is 0 Å². The zero-order valence-electron chi connectivity index (χ0n) is 9.57. The molecule has 1 aliphatic carbocycles. The lowest BCUT2D eigenvalue weighted by Gasteiger charge is -2.24. The lowest BCUT2D eigenvalue weighted by atomic mass is 9.91. The van der Waals surface area contributed by atoms with Gasteiger partial charge in [0.1, 0.15) is 5.82 Å². The van der Waals surface area contributed by atoms with E-state index < -0.39 is 18.0 Å². The molecule has 1 fully saturated rings. The summed E-state index contributed by atoms with van der Waals surface area (Å²) in [6, 6.07) is 3.72. The first kappa shape index (κ1) is 12.8. The Morgan fingerprint density at radius 2 is 2.00 bits per heavy atom. The van der Waals surface area contributed by atoms with Crippen LogP contribution in [0.4, 0.5) is 4.39 Å². The van der Waals surface area contributed by atoms with Crippen molar-refractivity contribution in [2.75, 3.05) is 0 Å². The molecule has 0 bridgehead atoms. The van der Waals surface area contributed by atoms with Crippen LogP contribution in [0.5, 0.6) is 0 Å². The van der Waals surface area contributed by atoms with E-state index in [-0.39, 0.29) is 5.92 Å². The Labute approximate surface area is 106 Å². The second kappa shape index (κ2) is 5.34. The average molecular weight is 258 g/mol. The molecule has 0 saturated heterocycles.